The molecule has 2 saturated heterocycles. The predicted octanol–water partition coefficient (Wildman–Crippen LogP) is 0.860. The number of aryl methyl sites for hydroxylation is 2. The van der Waals surface area contributed by atoms with E-state index >= 15 is 0 Å². The maximum Gasteiger partial charge on any atom is 0.390 e. The zero-order chi connectivity index (χ0) is 27.4. The van der Waals surface area contributed by atoms with Crippen LogP contribution in [0.15, 0.2) is 0 Å². The van der Waals surface area contributed by atoms with E-state index in [0.717, 1.165) is 35.0 Å². The fourth-order valence-corrected chi connectivity index (χ4v) is 5.72. The Bertz CT molecular complexity index is 1210. The largest absolute Gasteiger partial charge is 0.479 e. The van der Waals surface area contributed by atoms with Gasteiger partial charge in [-0.3, -0.25) is 4.68 Å². The normalized spacial score (nSPS) is 30.5. The van der Waals surface area contributed by atoms with E-state index in [4.69, 9.17) is 14.6 Å². The lowest BCUT2D eigenvalue weighted by atomic mass is 9.88. The summed E-state index contributed by atoms with van der Waals surface area (Å²) in [5, 5.41) is 45.5. The van der Waals surface area contributed by atoms with Gasteiger partial charge in [0, 0.05) is 37.0 Å². The van der Waals surface area contributed by atoms with Gasteiger partial charge in [-0.1, -0.05) is 0 Å². The fourth-order valence-electron chi connectivity index (χ4n) is 5.72. The van der Waals surface area contributed by atoms with Crippen molar-refractivity contribution in [2.45, 2.75) is 81.3 Å². The summed E-state index contributed by atoms with van der Waals surface area (Å²) in [5.74, 6) is -1.45. The number of rotatable bonds is 6. The number of ether oxygens (including phenoxy) is 2. The summed E-state index contributed by atoms with van der Waals surface area (Å²) < 4.78 is 50.9. The molecule has 2 aromatic rings. The first kappa shape index (κ1) is 27.1. The lowest BCUT2D eigenvalue weighted by Crippen LogP contribution is -2.61. The highest BCUT2D eigenvalue weighted by Crippen LogP contribution is 2.40. The molecule has 4 heterocycles. The summed E-state index contributed by atoms with van der Waals surface area (Å²) in [7, 11) is 1.71. The van der Waals surface area contributed by atoms with E-state index in [1.54, 1.807) is 16.6 Å². The Morgan fingerprint density at radius 1 is 1.13 bits per heavy atom. The Balaban J connectivity index is 1.46. The van der Waals surface area contributed by atoms with E-state index in [-0.39, 0.29) is 18.3 Å². The van der Waals surface area contributed by atoms with Crippen molar-refractivity contribution in [1.82, 2.24) is 19.7 Å². The van der Waals surface area contributed by atoms with Crippen molar-refractivity contribution in [3.05, 3.63) is 16.8 Å². The van der Waals surface area contributed by atoms with Crippen LogP contribution >= 0.6 is 0 Å². The van der Waals surface area contributed by atoms with Gasteiger partial charge in [0.2, 0.25) is 12.2 Å². The summed E-state index contributed by atoms with van der Waals surface area (Å²) in [4.78, 5) is 17.9. The molecule has 3 aliphatic rings. The van der Waals surface area contributed by atoms with Gasteiger partial charge < -0.3 is 34.8 Å². The van der Waals surface area contributed by atoms with Gasteiger partial charge in [-0.05, 0) is 44.2 Å². The minimum Gasteiger partial charge on any atom is -0.479 e. The average Bonchev–Trinajstić information content (AvgIpc) is 3.47. The highest BCUT2D eigenvalue weighted by atomic mass is 19.4. The Labute approximate surface area is 215 Å². The quantitative estimate of drug-likeness (QED) is 0.412. The first-order valence-electron chi connectivity index (χ1n) is 12.7. The highest BCUT2D eigenvalue weighted by molar-refractivity contribution is 5.85. The second-order valence-electron chi connectivity index (χ2n) is 10.3. The average molecular weight is 545 g/mol. The Morgan fingerprint density at radius 2 is 1.84 bits per heavy atom. The Morgan fingerprint density at radius 3 is 2.53 bits per heavy atom. The summed E-state index contributed by atoms with van der Waals surface area (Å²) in [5.41, 5.74) is 2.99. The molecule has 0 aromatic carbocycles. The molecule has 11 nitrogen and oxygen atoms in total. The molecule has 0 saturated carbocycles. The highest BCUT2D eigenvalue weighted by Gasteiger charge is 2.48. The SMILES string of the molecule is Cn1nc(C2CCN(CCC(F)(F)F)C2)c2c3c(c(O[C@@H]4O[C@H](C(=O)O)[C@H](O)[C@H](O)[C@H]4O)nc21)CCCC3. The molecule has 1 aliphatic carbocycles. The van der Waals surface area contributed by atoms with Crippen LogP contribution in [0, 0.1) is 0 Å². The maximum atomic E-state index is 12.7. The minimum absolute atomic E-state index is 0.0528. The van der Waals surface area contributed by atoms with Gasteiger partial charge in [-0.2, -0.15) is 23.3 Å². The number of alkyl halides is 3. The molecule has 0 spiro atoms. The molecule has 210 valence electrons. The zero-order valence-electron chi connectivity index (χ0n) is 20.8. The van der Waals surface area contributed by atoms with E-state index in [2.05, 4.69) is 4.98 Å². The van der Waals surface area contributed by atoms with Crippen LogP contribution < -0.4 is 4.74 Å². The number of carboxylic acids is 1. The van der Waals surface area contributed by atoms with E-state index in [0.29, 0.717) is 38.0 Å². The van der Waals surface area contributed by atoms with Crippen LogP contribution in [0.25, 0.3) is 11.0 Å². The number of aliphatic hydroxyl groups excluding tert-OH is 3. The molecule has 6 atom stereocenters. The molecule has 2 aromatic heterocycles. The standard InChI is InChI=1S/C24H31F3N4O7/c1-30-20-14(15(29-30)11-6-8-31(10-11)9-7-24(25,26)27)12-4-2-3-5-13(12)21(28-20)38-23-18(34)16(32)17(33)19(37-23)22(35)36/h11,16-19,23,32-34H,2-10H2,1H3,(H,35,36)/t11?,16-,17+,18+,19-,23-/m0/s1. The number of aliphatic carboxylic acids is 1. The van der Waals surface area contributed by atoms with Gasteiger partial charge in [-0.25, -0.2) is 4.79 Å². The van der Waals surface area contributed by atoms with Crippen molar-refractivity contribution in [3.8, 4) is 5.88 Å². The topological polar surface area (TPSA) is 150 Å². The Hall–Kier alpha value is -2.52. The number of carboxylic acid groups (broad SMARTS) is 1. The van der Waals surface area contributed by atoms with Crippen LogP contribution in [-0.2, 0) is 29.4 Å². The third kappa shape index (κ3) is 5.07. The molecule has 4 N–H and O–H groups in total. The van der Waals surface area contributed by atoms with Gasteiger partial charge in [-0.15, -0.1) is 0 Å². The number of halogens is 3. The number of hydrogen-bond donors (Lipinski definition) is 4. The number of likely N-dealkylation sites (tertiary alicyclic amines) is 1. The number of hydrogen-bond acceptors (Lipinski definition) is 9. The number of carbonyl (C=O) groups is 1. The molecule has 0 radical (unpaired) electrons. The molecule has 2 fully saturated rings. The fraction of sp³-hybridized carbons (Fsp3) is 0.708. The smallest absolute Gasteiger partial charge is 0.390 e. The summed E-state index contributed by atoms with van der Waals surface area (Å²) >= 11 is 0. The molecule has 1 unspecified atom stereocenters. The van der Waals surface area contributed by atoms with E-state index < -0.39 is 49.3 Å². The molecule has 14 heteroatoms. The molecule has 5 rings (SSSR count). The van der Waals surface area contributed by atoms with Crippen molar-refractivity contribution in [2.24, 2.45) is 7.05 Å². The number of fused-ring (bicyclic) bond motifs is 3. The van der Waals surface area contributed by atoms with Gasteiger partial charge in [0.05, 0.1) is 12.1 Å². The minimum atomic E-state index is -4.20. The number of aromatic nitrogens is 3. The van der Waals surface area contributed by atoms with Crippen LogP contribution in [0.2, 0.25) is 0 Å². The molecular formula is C24H31F3N4O7. The van der Waals surface area contributed by atoms with E-state index in [1.807, 2.05) is 0 Å². The van der Waals surface area contributed by atoms with Gasteiger partial charge in [0.25, 0.3) is 0 Å². The van der Waals surface area contributed by atoms with Crippen molar-refractivity contribution in [3.63, 3.8) is 0 Å². The van der Waals surface area contributed by atoms with Crippen LogP contribution in [0.1, 0.15) is 48.4 Å². The van der Waals surface area contributed by atoms with Crippen molar-refractivity contribution in [1.29, 1.82) is 0 Å². The molecule has 38 heavy (non-hydrogen) atoms. The van der Waals surface area contributed by atoms with Crippen molar-refractivity contribution < 1.29 is 47.9 Å². The summed E-state index contributed by atoms with van der Waals surface area (Å²) in [6, 6.07) is 0. The first-order chi connectivity index (χ1) is 17.9. The molecular weight excluding hydrogens is 513 g/mol. The lowest BCUT2D eigenvalue weighted by Gasteiger charge is -2.38. The second kappa shape index (κ2) is 10.2. The lowest BCUT2D eigenvalue weighted by molar-refractivity contribution is -0.271. The maximum absolute atomic E-state index is 12.7. The summed E-state index contributed by atoms with van der Waals surface area (Å²) in [6.07, 6.45) is -10.1. The van der Waals surface area contributed by atoms with Crippen LogP contribution in [-0.4, -0.2) is 103 Å². The second-order valence-corrected chi connectivity index (χ2v) is 10.3. The zero-order valence-corrected chi connectivity index (χ0v) is 20.8. The van der Waals surface area contributed by atoms with Crippen LogP contribution in [0.3, 0.4) is 0 Å². The monoisotopic (exact) mass is 544 g/mol. The number of nitrogens with zero attached hydrogens (tertiary/aromatic N) is 4. The van der Waals surface area contributed by atoms with Crippen molar-refractivity contribution >= 4 is 17.0 Å². The molecule has 0 amide bonds. The Kier molecular flexibility index (Phi) is 7.28. The van der Waals surface area contributed by atoms with Gasteiger partial charge in [0.15, 0.2) is 11.8 Å². The van der Waals surface area contributed by atoms with Gasteiger partial charge in [0.1, 0.15) is 18.3 Å². The molecule has 2 aliphatic heterocycles. The summed E-state index contributed by atoms with van der Waals surface area (Å²) in [6.45, 7) is 0.959. The third-order valence-corrected chi connectivity index (χ3v) is 7.69. The third-order valence-electron chi connectivity index (χ3n) is 7.69. The molecule has 0 bridgehead atoms. The first-order valence-corrected chi connectivity index (χ1v) is 12.7. The van der Waals surface area contributed by atoms with E-state index in [1.165, 1.54) is 0 Å². The van der Waals surface area contributed by atoms with E-state index in [9.17, 15) is 38.4 Å². The van der Waals surface area contributed by atoms with Crippen LogP contribution in [0.4, 0.5) is 13.2 Å². The van der Waals surface area contributed by atoms with Gasteiger partial charge >= 0.3 is 12.1 Å². The van der Waals surface area contributed by atoms with Crippen molar-refractivity contribution in [2.75, 3.05) is 19.6 Å². The number of aliphatic hydroxyl groups is 3. The number of pyridine rings is 1. The van der Waals surface area contributed by atoms with Crippen LogP contribution in [0.5, 0.6) is 5.88 Å². The predicted molar refractivity (Wildman–Crippen MR) is 125 cm³/mol.